The highest BCUT2D eigenvalue weighted by Crippen LogP contribution is 2.51. The number of likely N-dealkylation sites (tertiary alicyclic amines) is 1. The minimum absolute atomic E-state index is 0.0124. The summed E-state index contributed by atoms with van der Waals surface area (Å²) in [6.45, 7) is 3.59. The second kappa shape index (κ2) is 8.54. The molecule has 1 aliphatic heterocycles. The van der Waals surface area contributed by atoms with Crippen LogP contribution in [0.4, 0.5) is 4.79 Å². The number of benzene rings is 2. The fraction of sp³-hybridized carbons (Fsp3) is 0.423. The van der Waals surface area contributed by atoms with Gasteiger partial charge in [-0.1, -0.05) is 55.5 Å². The molecule has 2 aromatic carbocycles. The number of alkyl carbamates (subject to hydrolysis) is 1. The highest BCUT2D eigenvalue weighted by molar-refractivity contribution is 5.80. The molecule has 1 saturated heterocycles. The van der Waals surface area contributed by atoms with E-state index in [1.807, 2.05) is 31.2 Å². The van der Waals surface area contributed by atoms with Crippen LogP contribution in [-0.4, -0.2) is 54.2 Å². The van der Waals surface area contributed by atoms with E-state index in [9.17, 15) is 14.4 Å². The fourth-order valence-electron chi connectivity index (χ4n) is 5.50. The van der Waals surface area contributed by atoms with Crippen molar-refractivity contribution < 1.29 is 24.2 Å². The third kappa shape index (κ3) is 4.08. The van der Waals surface area contributed by atoms with Crippen molar-refractivity contribution >= 4 is 18.0 Å². The van der Waals surface area contributed by atoms with Crippen molar-refractivity contribution in [2.24, 2.45) is 23.7 Å². The largest absolute Gasteiger partial charge is 0.481 e. The van der Waals surface area contributed by atoms with Crippen LogP contribution in [0.1, 0.15) is 30.4 Å². The summed E-state index contributed by atoms with van der Waals surface area (Å²) in [5, 5.41) is 11.9. The van der Waals surface area contributed by atoms with E-state index in [1.165, 1.54) is 22.3 Å². The molecule has 33 heavy (non-hydrogen) atoms. The zero-order valence-electron chi connectivity index (χ0n) is 18.6. The summed E-state index contributed by atoms with van der Waals surface area (Å²) >= 11 is 0. The molecule has 172 valence electrons. The van der Waals surface area contributed by atoms with Gasteiger partial charge in [0, 0.05) is 32.0 Å². The number of carbonyl (C=O) groups excluding carboxylic acids is 2. The number of rotatable bonds is 7. The van der Waals surface area contributed by atoms with Crippen LogP contribution >= 0.6 is 0 Å². The minimum atomic E-state index is -0.752. The molecule has 0 spiro atoms. The maximum atomic E-state index is 12.5. The highest BCUT2D eigenvalue weighted by Gasteiger charge is 2.60. The molecule has 0 bridgehead atoms. The first kappa shape index (κ1) is 21.5. The number of carboxylic acids is 1. The van der Waals surface area contributed by atoms with Gasteiger partial charge in [0.25, 0.3) is 0 Å². The lowest BCUT2D eigenvalue weighted by atomic mass is 9.98. The van der Waals surface area contributed by atoms with Crippen molar-refractivity contribution in [3.8, 4) is 11.1 Å². The van der Waals surface area contributed by atoms with Gasteiger partial charge >= 0.3 is 12.1 Å². The number of amides is 2. The van der Waals surface area contributed by atoms with Gasteiger partial charge in [-0.15, -0.1) is 0 Å². The summed E-state index contributed by atoms with van der Waals surface area (Å²) in [4.78, 5) is 37.7. The normalized spacial score (nSPS) is 23.3. The molecule has 7 nitrogen and oxygen atoms in total. The van der Waals surface area contributed by atoms with Gasteiger partial charge in [0.15, 0.2) is 0 Å². The van der Waals surface area contributed by atoms with Crippen LogP contribution in [0.25, 0.3) is 11.1 Å². The summed E-state index contributed by atoms with van der Waals surface area (Å²) in [5.74, 6) is -0.808. The Balaban J connectivity index is 1.07. The lowest BCUT2D eigenvalue weighted by Crippen LogP contribution is -2.36. The van der Waals surface area contributed by atoms with E-state index in [-0.39, 0.29) is 42.1 Å². The summed E-state index contributed by atoms with van der Waals surface area (Å²) in [6.07, 6.45) is -0.163. The van der Waals surface area contributed by atoms with E-state index in [0.717, 1.165) is 0 Å². The van der Waals surface area contributed by atoms with Gasteiger partial charge in [0.1, 0.15) is 6.61 Å². The van der Waals surface area contributed by atoms with Crippen molar-refractivity contribution in [1.82, 2.24) is 10.2 Å². The Morgan fingerprint density at radius 1 is 1.03 bits per heavy atom. The van der Waals surface area contributed by atoms with Crippen LogP contribution < -0.4 is 5.32 Å². The zero-order valence-corrected chi connectivity index (χ0v) is 18.6. The molecular weight excluding hydrogens is 420 g/mol. The maximum absolute atomic E-state index is 12.5. The summed E-state index contributed by atoms with van der Waals surface area (Å²) in [7, 11) is 0. The standard InChI is InChI=1S/C26H28N2O5/c1-15(10-23(29)28-12-20-21(13-28)24(20)25(30)31)11-27-26(32)33-14-22-18-8-4-2-6-16(18)17-7-3-5-9-19(17)22/h2-9,15,20-22,24H,10-14H2,1H3,(H,27,32)(H,30,31). The van der Waals surface area contributed by atoms with E-state index >= 15 is 0 Å². The number of hydrogen-bond acceptors (Lipinski definition) is 4. The van der Waals surface area contributed by atoms with Gasteiger partial charge in [0.05, 0.1) is 5.92 Å². The number of nitrogens with one attached hydrogen (secondary N) is 1. The monoisotopic (exact) mass is 448 g/mol. The van der Waals surface area contributed by atoms with Crippen molar-refractivity contribution in [3.05, 3.63) is 59.7 Å². The van der Waals surface area contributed by atoms with Crippen molar-refractivity contribution in [1.29, 1.82) is 0 Å². The predicted octanol–water partition coefficient (Wildman–Crippen LogP) is 3.34. The van der Waals surface area contributed by atoms with Crippen molar-refractivity contribution in [2.75, 3.05) is 26.2 Å². The molecule has 2 aromatic rings. The third-order valence-corrected chi connectivity index (χ3v) is 7.29. The lowest BCUT2D eigenvalue weighted by Gasteiger charge is -2.21. The Kier molecular flexibility index (Phi) is 5.56. The second-order valence-electron chi connectivity index (χ2n) is 9.51. The summed E-state index contributed by atoms with van der Waals surface area (Å²) < 4.78 is 5.55. The number of carboxylic acid groups (broad SMARTS) is 1. The van der Waals surface area contributed by atoms with E-state index in [1.54, 1.807) is 4.90 Å². The van der Waals surface area contributed by atoms with Crippen LogP contribution in [0, 0.1) is 23.7 Å². The molecule has 2 N–H and O–H groups in total. The second-order valence-corrected chi connectivity index (χ2v) is 9.51. The first-order valence-corrected chi connectivity index (χ1v) is 11.5. The average molecular weight is 449 g/mol. The van der Waals surface area contributed by atoms with Crippen LogP contribution in [0.15, 0.2) is 48.5 Å². The predicted molar refractivity (Wildman–Crippen MR) is 122 cm³/mol. The molecule has 1 saturated carbocycles. The number of aliphatic carboxylic acids is 1. The van der Waals surface area contributed by atoms with Gasteiger partial charge in [-0.3, -0.25) is 9.59 Å². The van der Waals surface area contributed by atoms with E-state index in [4.69, 9.17) is 9.84 Å². The molecule has 3 atom stereocenters. The van der Waals surface area contributed by atoms with Gasteiger partial charge in [0.2, 0.25) is 5.91 Å². The van der Waals surface area contributed by atoms with Gasteiger partial charge < -0.3 is 20.1 Å². The molecule has 0 aromatic heterocycles. The topological polar surface area (TPSA) is 95.9 Å². The molecule has 0 radical (unpaired) electrons. The SMILES string of the molecule is CC(CNC(=O)OCC1c2ccccc2-c2ccccc21)CC(=O)N1CC2C(C1)C2C(=O)O. The molecule has 2 amide bonds. The van der Waals surface area contributed by atoms with Crippen LogP contribution in [0.2, 0.25) is 0 Å². The molecule has 2 aliphatic carbocycles. The summed E-state index contributed by atoms with van der Waals surface area (Å²) in [6, 6.07) is 16.4. The van der Waals surface area contributed by atoms with Crippen LogP contribution in [0.5, 0.6) is 0 Å². The Morgan fingerprint density at radius 3 is 2.18 bits per heavy atom. The number of carbonyl (C=O) groups is 3. The lowest BCUT2D eigenvalue weighted by molar-refractivity contribution is -0.141. The molecule has 7 heteroatoms. The molecule has 5 rings (SSSR count). The Morgan fingerprint density at radius 2 is 1.61 bits per heavy atom. The highest BCUT2D eigenvalue weighted by atomic mass is 16.5. The number of hydrogen-bond donors (Lipinski definition) is 2. The zero-order chi connectivity index (χ0) is 23.1. The Hall–Kier alpha value is -3.35. The van der Waals surface area contributed by atoms with Gasteiger partial charge in [-0.25, -0.2) is 4.79 Å². The van der Waals surface area contributed by atoms with E-state index < -0.39 is 12.1 Å². The van der Waals surface area contributed by atoms with E-state index in [2.05, 4.69) is 29.6 Å². The molecule has 1 heterocycles. The molecule has 3 aliphatic rings. The molecular formula is C26H28N2O5. The number of ether oxygens (including phenoxy) is 1. The number of fused-ring (bicyclic) bond motifs is 4. The van der Waals surface area contributed by atoms with Crippen molar-refractivity contribution in [2.45, 2.75) is 19.3 Å². The quantitative estimate of drug-likeness (QED) is 0.677. The maximum Gasteiger partial charge on any atom is 0.407 e. The molecule has 3 unspecified atom stereocenters. The van der Waals surface area contributed by atoms with E-state index in [0.29, 0.717) is 26.1 Å². The third-order valence-electron chi connectivity index (χ3n) is 7.29. The first-order valence-electron chi connectivity index (χ1n) is 11.5. The number of piperidine rings is 1. The molecule has 2 fully saturated rings. The van der Waals surface area contributed by atoms with Crippen molar-refractivity contribution in [3.63, 3.8) is 0 Å². The number of nitrogens with zero attached hydrogens (tertiary/aromatic N) is 1. The first-order chi connectivity index (χ1) is 15.9. The Labute approximate surface area is 192 Å². The summed E-state index contributed by atoms with van der Waals surface area (Å²) in [5.41, 5.74) is 4.70. The van der Waals surface area contributed by atoms with Gasteiger partial charge in [-0.2, -0.15) is 0 Å². The van der Waals surface area contributed by atoms with Crippen LogP contribution in [-0.2, 0) is 14.3 Å². The minimum Gasteiger partial charge on any atom is -0.481 e. The average Bonchev–Trinajstić information content (AvgIpc) is 3.16. The fourth-order valence-corrected chi connectivity index (χ4v) is 5.50. The smallest absolute Gasteiger partial charge is 0.407 e. The van der Waals surface area contributed by atoms with Crippen LogP contribution in [0.3, 0.4) is 0 Å². The Bertz CT molecular complexity index is 1040. The van der Waals surface area contributed by atoms with Gasteiger partial charge in [-0.05, 0) is 40.0 Å².